The lowest BCUT2D eigenvalue weighted by molar-refractivity contribution is -0.137. The highest BCUT2D eigenvalue weighted by Gasteiger charge is 2.42. The fraction of sp³-hybridized carbons (Fsp3) is 0.545. The van der Waals surface area contributed by atoms with Crippen molar-refractivity contribution in [2.24, 2.45) is 0 Å². The number of amides is 2. The first-order chi connectivity index (χ1) is 13.4. The van der Waals surface area contributed by atoms with Crippen molar-refractivity contribution < 1.29 is 14.3 Å². The summed E-state index contributed by atoms with van der Waals surface area (Å²) in [6.07, 6.45) is 2.62. The third-order valence-corrected chi connectivity index (χ3v) is 5.80. The van der Waals surface area contributed by atoms with Gasteiger partial charge in [-0.15, -0.1) is 0 Å². The van der Waals surface area contributed by atoms with E-state index in [1.54, 1.807) is 7.11 Å². The topological polar surface area (TPSA) is 53.1 Å². The van der Waals surface area contributed by atoms with Gasteiger partial charge in [0.25, 0.3) is 11.8 Å². The van der Waals surface area contributed by atoms with E-state index in [9.17, 15) is 9.59 Å². The predicted molar refractivity (Wildman–Crippen MR) is 110 cm³/mol. The lowest BCUT2D eigenvalue weighted by Gasteiger charge is -2.36. The van der Waals surface area contributed by atoms with E-state index in [4.69, 9.17) is 4.74 Å². The average molecular weight is 386 g/mol. The number of methoxy groups -OCH3 is 1. The van der Waals surface area contributed by atoms with E-state index in [1.807, 2.05) is 38.2 Å². The molecule has 0 atom stereocenters. The molecule has 1 saturated heterocycles. The standard InChI is InChI=1S/C22H31N3O3/c1-16-6-8-17(9-7-16)19-20(24(3)18-10-13-23(2)14-11-18)22(27)25(21(19)26)12-5-15-28-4/h6-9,18H,5,10-15H2,1-4H3. The summed E-state index contributed by atoms with van der Waals surface area (Å²) in [5.41, 5.74) is 3.01. The van der Waals surface area contributed by atoms with Gasteiger partial charge in [0.2, 0.25) is 0 Å². The second-order valence-electron chi connectivity index (χ2n) is 7.84. The number of ether oxygens (including phenoxy) is 1. The van der Waals surface area contributed by atoms with Gasteiger partial charge in [-0.05, 0) is 51.9 Å². The summed E-state index contributed by atoms with van der Waals surface area (Å²) < 4.78 is 5.10. The number of likely N-dealkylation sites (N-methyl/N-ethyl adjacent to an activating group) is 1. The van der Waals surface area contributed by atoms with Gasteiger partial charge in [-0.25, -0.2) is 0 Å². The first-order valence-corrected chi connectivity index (χ1v) is 10.0. The van der Waals surface area contributed by atoms with E-state index < -0.39 is 0 Å². The number of imide groups is 1. The SMILES string of the molecule is COCCCN1C(=O)C(c2ccc(C)cc2)=C(N(C)C2CCN(C)CC2)C1=O. The summed E-state index contributed by atoms with van der Waals surface area (Å²) in [5, 5.41) is 0. The van der Waals surface area contributed by atoms with Gasteiger partial charge >= 0.3 is 0 Å². The molecule has 0 bridgehead atoms. The van der Waals surface area contributed by atoms with Crippen LogP contribution in [0.3, 0.4) is 0 Å². The molecule has 2 heterocycles. The molecule has 6 heteroatoms. The fourth-order valence-corrected chi connectivity index (χ4v) is 4.01. The number of piperidine rings is 1. The molecule has 0 aliphatic carbocycles. The molecule has 1 aromatic rings. The average Bonchev–Trinajstić information content (AvgIpc) is 2.93. The molecular formula is C22H31N3O3. The highest BCUT2D eigenvalue weighted by Crippen LogP contribution is 2.33. The van der Waals surface area contributed by atoms with Crippen LogP contribution in [0.4, 0.5) is 0 Å². The molecule has 28 heavy (non-hydrogen) atoms. The molecule has 0 aromatic heterocycles. The van der Waals surface area contributed by atoms with Crippen molar-refractivity contribution in [1.29, 1.82) is 0 Å². The first kappa shape index (κ1) is 20.6. The highest BCUT2D eigenvalue weighted by atomic mass is 16.5. The second kappa shape index (κ2) is 8.88. The maximum Gasteiger partial charge on any atom is 0.277 e. The lowest BCUT2D eigenvalue weighted by atomic mass is 9.99. The van der Waals surface area contributed by atoms with Gasteiger partial charge in [0, 0.05) is 33.4 Å². The molecule has 0 N–H and O–H groups in total. The molecule has 1 aromatic carbocycles. The number of likely N-dealkylation sites (tertiary alicyclic amines) is 1. The first-order valence-electron chi connectivity index (χ1n) is 10.0. The van der Waals surface area contributed by atoms with Crippen LogP contribution < -0.4 is 0 Å². The van der Waals surface area contributed by atoms with E-state index >= 15 is 0 Å². The van der Waals surface area contributed by atoms with Crippen LogP contribution in [0.2, 0.25) is 0 Å². The van der Waals surface area contributed by atoms with Crippen molar-refractivity contribution in [3.05, 3.63) is 41.1 Å². The van der Waals surface area contributed by atoms with Crippen LogP contribution in [0.25, 0.3) is 5.57 Å². The maximum absolute atomic E-state index is 13.3. The Balaban J connectivity index is 1.94. The van der Waals surface area contributed by atoms with Crippen LogP contribution in [-0.2, 0) is 14.3 Å². The molecule has 2 amide bonds. The van der Waals surface area contributed by atoms with Crippen LogP contribution in [0.15, 0.2) is 30.0 Å². The van der Waals surface area contributed by atoms with Crippen LogP contribution in [0.5, 0.6) is 0 Å². The van der Waals surface area contributed by atoms with Gasteiger partial charge in [-0.2, -0.15) is 0 Å². The minimum atomic E-state index is -0.195. The number of benzene rings is 1. The van der Waals surface area contributed by atoms with Crippen LogP contribution >= 0.6 is 0 Å². The summed E-state index contributed by atoms with van der Waals surface area (Å²) >= 11 is 0. The Morgan fingerprint density at radius 1 is 1.11 bits per heavy atom. The molecule has 3 rings (SSSR count). The van der Waals surface area contributed by atoms with Crippen molar-refractivity contribution in [3.63, 3.8) is 0 Å². The largest absolute Gasteiger partial charge is 0.385 e. The Kier molecular flexibility index (Phi) is 6.52. The Bertz CT molecular complexity index is 749. The molecule has 0 saturated carbocycles. The summed E-state index contributed by atoms with van der Waals surface area (Å²) in [7, 11) is 5.71. The Labute approximate surface area is 167 Å². The zero-order valence-electron chi connectivity index (χ0n) is 17.4. The number of nitrogens with zero attached hydrogens (tertiary/aromatic N) is 3. The minimum Gasteiger partial charge on any atom is -0.385 e. The summed E-state index contributed by atoms with van der Waals surface area (Å²) in [4.78, 5) is 32.2. The summed E-state index contributed by atoms with van der Waals surface area (Å²) in [6, 6.07) is 8.12. The number of aryl methyl sites for hydroxylation is 1. The monoisotopic (exact) mass is 385 g/mol. The predicted octanol–water partition coefficient (Wildman–Crippen LogP) is 2.14. The van der Waals surface area contributed by atoms with Crippen molar-refractivity contribution in [2.75, 3.05) is 47.4 Å². The maximum atomic E-state index is 13.3. The minimum absolute atomic E-state index is 0.182. The van der Waals surface area contributed by atoms with Crippen LogP contribution in [-0.4, -0.2) is 80.0 Å². The molecule has 0 spiro atoms. The Hall–Kier alpha value is -2.18. The smallest absolute Gasteiger partial charge is 0.277 e. The Morgan fingerprint density at radius 3 is 2.36 bits per heavy atom. The van der Waals surface area contributed by atoms with Gasteiger partial charge in [0.1, 0.15) is 5.70 Å². The lowest BCUT2D eigenvalue weighted by Crippen LogP contribution is -2.43. The highest BCUT2D eigenvalue weighted by molar-refractivity contribution is 6.35. The fourth-order valence-electron chi connectivity index (χ4n) is 4.01. The van der Waals surface area contributed by atoms with Crippen molar-refractivity contribution >= 4 is 17.4 Å². The van der Waals surface area contributed by atoms with Gasteiger partial charge in [0.05, 0.1) is 5.57 Å². The second-order valence-corrected chi connectivity index (χ2v) is 7.84. The molecular weight excluding hydrogens is 354 g/mol. The van der Waals surface area contributed by atoms with E-state index in [-0.39, 0.29) is 17.9 Å². The van der Waals surface area contributed by atoms with Crippen molar-refractivity contribution in [2.45, 2.75) is 32.2 Å². The van der Waals surface area contributed by atoms with Crippen LogP contribution in [0, 0.1) is 6.92 Å². The molecule has 1 fully saturated rings. The molecule has 0 unspecified atom stereocenters. The zero-order valence-corrected chi connectivity index (χ0v) is 17.4. The number of hydrogen-bond donors (Lipinski definition) is 0. The molecule has 152 valence electrons. The number of hydrogen-bond acceptors (Lipinski definition) is 5. The molecule has 2 aliphatic heterocycles. The van der Waals surface area contributed by atoms with E-state index in [2.05, 4.69) is 16.8 Å². The van der Waals surface area contributed by atoms with E-state index in [1.165, 1.54) is 4.90 Å². The number of carbonyl (C=O) groups excluding carboxylic acids is 2. The van der Waals surface area contributed by atoms with E-state index in [0.29, 0.717) is 30.8 Å². The van der Waals surface area contributed by atoms with Gasteiger partial charge < -0.3 is 14.5 Å². The molecule has 2 aliphatic rings. The third-order valence-electron chi connectivity index (χ3n) is 5.80. The summed E-state index contributed by atoms with van der Waals surface area (Å²) in [6.45, 7) is 4.93. The van der Waals surface area contributed by atoms with Gasteiger partial charge in [-0.3, -0.25) is 14.5 Å². The summed E-state index contributed by atoms with van der Waals surface area (Å²) in [5.74, 6) is -0.377. The van der Waals surface area contributed by atoms with E-state index in [0.717, 1.165) is 37.1 Å². The number of rotatable bonds is 7. The Morgan fingerprint density at radius 2 is 1.75 bits per heavy atom. The normalized spacial score (nSPS) is 19.1. The number of carbonyl (C=O) groups is 2. The van der Waals surface area contributed by atoms with Gasteiger partial charge in [0.15, 0.2) is 0 Å². The van der Waals surface area contributed by atoms with Crippen LogP contribution in [0.1, 0.15) is 30.4 Å². The quantitative estimate of drug-likeness (QED) is 0.532. The third kappa shape index (κ3) is 4.13. The van der Waals surface area contributed by atoms with Gasteiger partial charge in [-0.1, -0.05) is 29.8 Å². The molecule has 0 radical (unpaired) electrons. The molecule has 6 nitrogen and oxygen atoms in total. The van der Waals surface area contributed by atoms with Crippen molar-refractivity contribution in [1.82, 2.24) is 14.7 Å². The zero-order chi connectivity index (χ0) is 20.3. The van der Waals surface area contributed by atoms with Crippen molar-refractivity contribution in [3.8, 4) is 0 Å².